The lowest BCUT2D eigenvalue weighted by Gasteiger charge is -2.08. The first-order chi connectivity index (χ1) is 10.1. The molecule has 2 aromatic rings. The van der Waals surface area contributed by atoms with E-state index in [1.165, 1.54) is 36.8 Å². The first-order valence-corrected chi connectivity index (χ1v) is 7.88. The second kappa shape index (κ2) is 6.02. The molecule has 0 amide bonds. The fraction of sp³-hybridized carbons (Fsp3) is 0.625. The Kier molecular flexibility index (Phi) is 4.10. The van der Waals surface area contributed by atoms with Gasteiger partial charge >= 0.3 is 0 Å². The van der Waals surface area contributed by atoms with E-state index < -0.39 is 0 Å². The molecule has 0 radical (unpaired) electrons. The van der Waals surface area contributed by atoms with Gasteiger partial charge in [-0.15, -0.1) is 0 Å². The van der Waals surface area contributed by atoms with E-state index in [9.17, 15) is 0 Å². The molecule has 1 N–H and O–H groups in total. The van der Waals surface area contributed by atoms with Crippen LogP contribution in [-0.4, -0.2) is 19.6 Å². The van der Waals surface area contributed by atoms with Gasteiger partial charge in [-0.1, -0.05) is 12.8 Å². The zero-order chi connectivity index (χ0) is 14.8. The van der Waals surface area contributed by atoms with Crippen molar-refractivity contribution in [1.82, 2.24) is 24.9 Å². The molecule has 21 heavy (non-hydrogen) atoms. The highest BCUT2D eigenvalue weighted by atomic mass is 15.3. The van der Waals surface area contributed by atoms with Crippen molar-refractivity contribution in [2.75, 3.05) is 0 Å². The Bertz CT molecular complexity index is 604. The summed E-state index contributed by atoms with van der Waals surface area (Å²) in [7, 11) is 1.96. The molecule has 0 bridgehead atoms. The Morgan fingerprint density at radius 2 is 1.67 bits per heavy atom. The van der Waals surface area contributed by atoms with Crippen LogP contribution in [-0.2, 0) is 20.1 Å². The number of aromatic nitrogens is 4. The largest absolute Gasteiger partial charge is 0.308 e. The first kappa shape index (κ1) is 14.3. The highest BCUT2D eigenvalue weighted by Crippen LogP contribution is 2.29. The zero-order valence-corrected chi connectivity index (χ0v) is 13.3. The maximum absolute atomic E-state index is 4.70. The summed E-state index contributed by atoms with van der Waals surface area (Å²) in [6, 6.07) is 0.623. The van der Waals surface area contributed by atoms with E-state index in [2.05, 4.69) is 41.3 Å². The number of hydrogen-bond acceptors (Lipinski definition) is 3. The minimum atomic E-state index is 0.623. The summed E-state index contributed by atoms with van der Waals surface area (Å²) in [6.45, 7) is 5.89. The van der Waals surface area contributed by atoms with Crippen molar-refractivity contribution in [1.29, 1.82) is 0 Å². The Morgan fingerprint density at radius 1 is 1.05 bits per heavy atom. The first-order valence-electron chi connectivity index (χ1n) is 7.88. The Balaban J connectivity index is 1.59. The predicted octanol–water partition coefficient (Wildman–Crippen LogP) is 2.64. The van der Waals surface area contributed by atoms with Crippen LogP contribution in [0.2, 0.25) is 0 Å². The molecule has 5 heteroatoms. The molecule has 0 unspecified atom stereocenters. The van der Waals surface area contributed by atoms with Crippen molar-refractivity contribution < 1.29 is 0 Å². The van der Waals surface area contributed by atoms with Gasteiger partial charge < -0.3 is 5.32 Å². The molecule has 1 aliphatic carbocycles. The van der Waals surface area contributed by atoms with Crippen LogP contribution in [0, 0.1) is 13.8 Å². The highest BCUT2D eigenvalue weighted by Gasteiger charge is 2.18. The van der Waals surface area contributed by atoms with E-state index >= 15 is 0 Å². The number of nitrogens with one attached hydrogen (secondary N) is 1. The monoisotopic (exact) mass is 287 g/mol. The van der Waals surface area contributed by atoms with Gasteiger partial charge in [0.05, 0.1) is 17.4 Å². The topological polar surface area (TPSA) is 47.7 Å². The standard InChI is InChI=1S/C16H25N5/c1-12-14(10-20(3)18-12)8-17-9-15-11-21(19-13(15)2)16-6-4-5-7-16/h10-11,16-17H,4-9H2,1-3H3. The molecule has 2 heterocycles. The third-order valence-corrected chi connectivity index (χ3v) is 4.46. The number of hydrogen-bond donors (Lipinski definition) is 1. The van der Waals surface area contributed by atoms with Gasteiger partial charge in [-0.05, 0) is 26.7 Å². The van der Waals surface area contributed by atoms with Gasteiger partial charge in [0.1, 0.15) is 0 Å². The molecule has 1 aliphatic rings. The van der Waals surface area contributed by atoms with Crippen LogP contribution in [0.25, 0.3) is 0 Å². The SMILES string of the molecule is Cc1nn(C)cc1CNCc1cn(C2CCCC2)nc1C. The van der Waals surface area contributed by atoms with E-state index in [1.807, 2.05) is 11.7 Å². The summed E-state index contributed by atoms with van der Waals surface area (Å²) >= 11 is 0. The van der Waals surface area contributed by atoms with E-state index in [0.717, 1.165) is 24.5 Å². The maximum atomic E-state index is 4.70. The average molecular weight is 287 g/mol. The summed E-state index contributed by atoms with van der Waals surface area (Å²) in [5.41, 5.74) is 4.82. The molecular weight excluding hydrogens is 262 g/mol. The van der Waals surface area contributed by atoms with Crippen LogP contribution in [0.5, 0.6) is 0 Å². The Labute approximate surface area is 126 Å². The lowest BCUT2D eigenvalue weighted by molar-refractivity contribution is 0.464. The summed E-state index contributed by atoms with van der Waals surface area (Å²) in [6.07, 6.45) is 9.56. The fourth-order valence-corrected chi connectivity index (χ4v) is 3.20. The number of aryl methyl sites for hydroxylation is 3. The number of nitrogens with zero attached hydrogens (tertiary/aromatic N) is 4. The third kappa shape index (κ3) is 3.18. The highest BCUT2D eigenvalue weighted by molar-refractivity contribution is 5.18. The normalized spacial score (nSPS) is 16.0. The van der Waals surface area contributed by atoms with Crippen LogP contribution in [0.15, 0.2) is 12.4 Å². The van der Waals surface area contributed by atoms with Crippen LogP contribution >= 0.6 is 0 Å². The molecular formula is C16H25N5. The predicted molar refractivity (Wildman–Crippen MR) is 83.0 cm³/mol. The molecule has 0 spiro atoms. The number of rotatable bonds is 5. The van der Waals surface area contributed by atoms with Crippen LogP contribution < -0.4 is 5.32 Å². The Hall–Kier alpha value is -1.62. The molecule has 0 atom stereocenters. The molecule has 0 saturated heterocycles. The lowest BCUT2D eigenvalue weighted by Crippen LogP contribution is -2.13. The second-order valence-electron chi connectivity index (χ2n) is 6.18. The minimum Gasteiger partial charge on any atom is -0.308 e. The van der Waals surface area contributed by atoms with E-state index in [1.54, 1.807) is 0 Å². The van der Waals surface area contributed by atoms with E-state index in [0.29, 0.717) is 6.04 Å². The molecule has 1 fully saturated rings. The van der Waals surface area contributed by atoms with Crippen LogP contribution in [0.3, 0.4) is 0 Å². The average Bonchev–Trinajstić information content (AvgIpc) is 3.12. The van der Waals surface area contributed by atoms with Gasteiger partial charge in [-0.25, -0.2) is 0 Å². The van der Waals surface area contributed by atoms with Crippen molar-refractivity contribution in [2.24, 2.45) is 7.05 Å². The summed E-state index contributed by atoms with van der Waals surface area (Å²) in [4.78, 5) is 0. The van der Waals surface area contributed by atoms with Crippen molar-refractivity contribution in [3.63, 3.8) is 0 Å². The van der Waals surface area contributed by atoms with E-state index in [-0.39, 0.29) is 0 Å². The molecule has 114 valence electrons. The minimum absolute atomic E-state index is 0.623. The molecule has 2 aromatic heterocycles. The zero-order valence-electron chi connectivity index (χ0n) is 13.3. The summed E-state index contributed by atoms with van der Waals surface area (Å²) in [5.74, 6) is 0. The summed E-state index contributed by atoms with van der Waals surface area (Å²) in [5, 5.41) is 12.6. The van der Waals surface area contributed by atoms with Gasteiger partial charge in [0, 0.05) is 43.7 Å². The van der Waals surface area contributed by atoms with Gasteiger partial charge in [0.15, 0.2) is 0 Å². The van der Waals surface area contributed by atoms with Crippen LogP contribution in [0.4, 0.5) is 0 Å². The van der Waals surface area contributed by atoms with Gasteiger partial charge in [-0.3, -0.25) is 9.36 Å². The lowest BCUT2D eigenvalue weighted by atomic mass is 10.2. The van der Waals surface area contributed by atoms with Crippen LogP contribution in [0.1, 0.15) is 54.2 Å². The third-order valence-electron chi connectivity index (χ3n) is 4.46. The van der Waals surface area contributed by atoms with Crippen molar-refractivity contribution in [2.45, 2.75) is 58.7 Å². The van der Waals surface area contributed by atoms with Gasteiger partial charge in [0.2, 0.25) is 0 Å². The maximum Gasteiger partial charge on any atom is 0.0638 e. The van der Waals surface area contributed by atoms with Crippen molar-refractivity contribution in [3.05, 3.63) is 34.9 Å². The molecule has 0 aliphatic heterocycles. The summed E-state index contributed by atoms with van der Waals surface area (Å²) < 4.78 is 4.06. The van der Waals surface area contributed by atoms with Gasteiger partial charge in [0.25, 0.3) is 0 Å². The van der Waals surface area contributed by atoms with Crippen molar-refractivity contribution >= 4 is 0 Å². The molecule has 3 rings (SSSR count). The smallest absolute Gasteiger partial charge is 0.0638 e. The molecule has 1 saturated carbocycles. The van der Waals surface area contributed by atoms with E-state index in [4.69, 9.17) is 5.10 Å². The fourth-order valence-electron chi connectivity index (χ4n) is 3.20. The second-order valence-corrected chi connectivity index (χ2v) is 6.18. The quantitative estimate of drug-likeness (QED) is 0.919. The Morgan fingerprint density at radius 3 is 2.29 bits per heavy atom. The molecule has 5 nitrogen and oxygen atoms in total. The van der Waals surface area contributed by atoms with Gasteiger partial charge in [-0.2, -0.15) is 10.2 Å². The molecule has 0 aromatic carbocycles. The van der Waals surface area contributed by atoms with Crippen molar-refractivity contribution in [3.8, 4) is 0 Å².